The molecule has 1 aliphatic rings. The number of nitrogens with two attached hydrogens (primary N) is 1. The van der Waals surface area contributed by atoms with E-state index in [-0.39, 0.29) is 24.4 Å². The summed E-state index contributed by atoms with van der Waals surface area (Å²) in [5, 5.41) is 0. The second kappa shape index (κ2) is 5.46. The molecule has 1 saturated heterocycles. The number of rotatable bonds is 3. The van der Waals surface area contributed by atoms with Gasteiger partial charge >= 0.3 is 0 Å². The van der Waals surface area contributed by atoms with Crippen molar-refractivity contribution in [3.05, 3.63) is 35.1 Å². The summed E-state index contributed by atoms with van der Waals surface area (Å²) in [6.07, 6.45) is 0.817. The number of carbonyl (C=O) groups excluding carboxylic acids is 1. The van der Waals surface area contributed by atoms with Gasteiger partial charge in [0, 0.05) is 37.4 Å². The smallest absolute Gasteiger partial charge is 0.253 e. The Labute approximate surface area is 106 Å². The quantitative estimate of drug-likeness (QED) is 0.877. The molecule has 98 valence electrons. The van der Waals surface area contributed by atoms with Crippen LogP contribution in [0.2, 0.25) is 0 Å². The van der Waals surface area contributed by atoms with Gasteiger partial charge in [-0.15, -0.1) is 0 Å². The molecular weight excluding hydrogens is 235 g/mol. The predicted molar refractivity (Wildman–Crippen MR) is 65.6 cm³/mol. The SMILES string of the molecule is COCc1cc(C(=O)N2CCC(N)C2)ccc1F. The van der Waals surface area contributed by atoms with Crippen molar-refractivity contribution < 1.29 is 13.9 Å². The fourth-order valence-electron chi connectivity index (χ4n) is 2.13. The number of hydrogen-bond donors (Lipinski definition) is 1. The number of likely N-dealkylation sites (tertiary alicyclic amines) is 1. The van der Waals surface area contributed by atoms with Gasteiger partial charge in [0.2, 0.25) is 0 Å². The molecule has 0 aromatic heterocycles. The molecule has 1 aromatic rings. The molecule has 0 radical (unpaired) electrons. The molecule has 0 saturated carbocycles. The molecule has 1 fully saturated rings. The zero-order valence-corrected chi connectivity index (χ0v) is 10.4. The van der Waals surface area contributed by atoms with E-state index in [4.69, 9.17) is 10.5 Å². The number of ether oxygens (including phenoxy) is 1. The van der Waals surface area contributed by atoms with Gasteiger partial charge in [0.15, 0.2) is 0 Å². The predicted octanol–water partition coefficient (Wildman–Crippen LogP) is 1.15. The van der Waals surface area contributed by atoms with Gasteiger partial charge in [-0.2, -0.15) is 0 Å². The van der Waals surface area contributed by atoms with E-state index in [1.807, 2.05) is 0 Å². The van der Waals surface area contributed by atoms with E-state index < -0.39 is 0 Å². The Kier molecular flexibility index (Phi) is 3.93. The molecule has 1 aromatic carbocycles. The number of benzene rings is 1. The standard InChI is InChI=1S/C13H17FN2O2/c1-18-8-10-6-9(2-3-12(10)14)13(17)16-5-4-11(15)7-16/h2-3,6,11H,4-5,7-8,15H2,1H3. The van der Waals surface area contributed by atoms with Crippen LogP contribution >= 0.6 is 0 Å². The first-order valence-corrected chi connectivity index (χ1v) is 5.94. The summed E-state index contributed by atoms with van der Waals surface area (Å²) in [6.45, 7) is 1.39. The molecule has 5 heteroatoms. The molecule has 4 nitrogen and oxygen atoms in total. The lowest BCUT2D eigenvalue weighted by Crippen LogP contribution is -2.31. The lowest BCUT2D eigenvalue weighted by atomic mass is 10.1. The van der Waals surface area contributed by atoms with E-state index in [1.54, 1.807) is 11.0 Å². The third-order valence-electron chi connectivity index (χ3n) is 3.10. The Bertz CT molecular complexity index is 451. The van der Waals surface area contributed by atoms with Crippen molar-refractivity contribution >= 4 is 5.91 Å². The van der Waals surface area contributed by atoms with Crippen LogP contribution in [0.1, 0.15) is 22.3 Å². The summed E-state index contributed by atoms with van der Waals surface area (Å²) in [5.41, 5.74) is 6.65. The number of carbonyl (C=O) groups is 1. The van der Waals surface area contributed by atoms with Crippen molar-refractivity contribution in [2.24, 2.45) is 5.73 Å². The summed E-state index contributed by atoms with van der Waals surface area (Å²) >= 11 is 0. The molecule has 0 bridgehead atoms. The van der Waals surface area contributed by atoms with Crippen LogP contribution in [0.25, 0.3) is 0 Å². The average molecular weight is 252 g/mol. The first kappa shape index (κ1) is 13.0. The second-order valence-corrected chi connectivity index (χ2v) is 4.54. The van der Waals surface area contributed by atoms with Gasteiger partial charge in [0.25, 0.3) is 5.91 Å². The highest BCUT2D eigenvalue weighted by Gasteiger charge is 2.24. The van der Waals surface area contributed by atoms with Crippen molar-refractivity contribution in [2.45, 2.75) is 19.1 Å². The maximum Gasteiger partial charge on any atom is 0.253 e. The molecule has 1 heterocycles. The summed E-state index contributed by atoms with van der Waals surface area (Å²) in [4.78, 5) is 13.9. The van der Waals surface area contributed by atoms with Gasteiger partial charge in [0.05, 0.1) is 6.61 Å². The maximum atomic E-state index is 13.4. The van der Waals surface area contributed by atoms with Crippen molar-refractivity contribution in [1.29, 1.82) is 0 Å². The minimum Gasteiger partial charge on any atom is -0.380 e. The van der Waals surface area contributed by atoms with Crippen LogP contribution in [0.3, 0.4) is 0 Å². The zero-order chi connectivity index (χ0) is 13.1. The van der Waals surface area contributed by atoms with Gasteiger partial charge in [-0.1, -0.05) is 0 Å². The zero-order valence-electron chi connectivity index (χ0n) is 10.4. The van der Waals surface area contributed by atoms with Crippen LogP contribution in [-0.4, -0.2) is 37.0 Å². The highest BCUT2D eigenvalue weighted by molar-refractivity contribution is 5.94. The summed E-state index contributed by atoms with van der Waals surface area (Å²) in [6, 6.07) is 4.40. The largest absolute Gasteiger partial charge is 0.380 e. The van der Waals surface area contributed by atoms with Gasteiger partial charge in [0.1, 0.15) is 5.82 Å². The summed E-state index contributed by atoms with van der Waals surface area (Å²) in [7, 11) is 1.49. The van der Waals surface area contributed by atoms with E-state index in [1.165, 1.54) is 19.2 Å². The van der Waals surface area contributed by atoms with E-state index >= 15 is 0 Å². The Morgan fingerprint density at radius 3 is 3.00 bits per heavy atom. The topological polar surface area (TPSA) is 55.6 Å². The Morgan fingerprint density at radius 1 is 1.61 bits per heavy atom. The molecule has 0 spiro atoms. The summed E-state index contributed by atoms with van der Waals surface area (Å²) in [5.74, 6) is -0.452. The van der Waals surface area contributed by atoms with E-state index in [0.29, 0.717) is 24.2 Å². The minimum atomic E-state index is -0.355. The van der Waals surface area contributed by atoms with Crippen LogP contribution in [0.4, 0.5) is 4.39 Å². The second-order valence-electron chi connectivity index (χ2n) is 4.54. The fraction of sp³-hybridized carbons (Fsp3) is 0.462. The van der Waals surface area contributed by atoms with Gasteiger partial charge in [-0.25, -0.2) is 4.39 Å². The highest BCUT2D eigenvalue weighted by atomic mass is 19.1. The van der Waals surface area contributed by atoms with Crippen molar-refractivity contribution in [1.82, 2.24) is 4.90 Å². The number of methoxy groups -OCH3 is 1. The Hall–Kier alpha value is -1.46. The maximum absolute atomic E-state index is 13.4. The van der Waals surface area contributed by atoms with Gasteiger partial charge < -0.3 is 15.4 Å². The Balaban J connectivity index is 2.17. The number of nitrogens with zero attached hydrogens (tertiary/aromatic N) is 1. The van der Waals surface area contributed by atoms with Crippen molar-refractivity contribution in [3.8, 4) is 0 Å². The molecule has 2 rings (SSSR count). The van der Waals surface area contributed by atoms with Gasteiger partial charge in [-0.05, 0) is 24.6 Å². The number of amides is 1. The molecular formula is C13H17FN2O2. The molecule has 1 aliphatic heterocycles. The normalized spacial score (nSPS) is 19.3. The number of halogens is 1. The Morgan fingerprint density at radius 2 is 2.39 bits per heavy atom. The first-order chi connectivity index (χ1) is 8.61. The van der Waals surface area contributed by atoms with Crippen LogP contribution in [0.5, 0.6) is 0 Å². The monoisotopic (exact) mass is 252 g/mol. The van der Waals surface area contributed by atoms with E-state index in [0.717, 1.165) is 6.42 Å². The number of hydrogen-bond acceptors (Lipinski definition) is 3. The third-order valence-corrected chi connectivity index (χ3v) is 3.10. The van der Waals surface area contributed by atoms with E-state index in [9.17, 15) is 9.18 Å². The molecule has 18 heavy (non-hydrogen) atoms. The van der Waals surface area contributed by atoms with Crippen LogP contribution in [0.15, 0.2) is 18.2 Å². The highest BCUT2D eigenvalue weighted by Crippen LogP contribution is 2.16. The molecule has 0 aliphatic carbocycles. The fourth-order valence-corrected chi connectivity index (χ4v) is 2.13. The molecule has 2 N–H and O–H groups in total. The molecule has 1 unspecified atom stereocenters. The van der Waals surface area contributed by atoms with Crippen LogP contribution < -0.4 is 5.73 Å². The average Bonchev–Trinajstić information content (AvgIpc) is 2.78. The lowest BCUT2D eigenvalue weighted by Gasteiger charge is -2.16. The molecule has 1 amide bonds. The van der Waals surface area contributed by atoms with Crippen molar-refractivity contribution in [2.75, 3.05) is 20.2 Å². The minimum absolute atomic E-state index is 0.0489. The van der Waals surface area contributed by atoms with E-state index in [2.05, 4.69) is 0 Å². The molecule has 1 atom stereocenters. The third kappa shape index (κ3) is 2.68. The first-order valence-electron chi connectivity index (χ1n) is 5.94. The van der Waals surface area contributed by atoms with Crippen LogP contribution in [0, 0.1) is 5.82 Å². The van der Waals surface area contributed by atoms with Crippen molar-refractivity contribution in [3.63, 3.8) is 0 Å². The van der Waals surface area contributed by atoms with Gasteiger partial charge in [-0.3, -0.25) is 4.79 Å². The lowest BCUT2D eigenvalue weighted by molar-refractivity contribution is 0.0790. The van der Waals surface area contributed by atoms with Crippen LogP contribution in [-0.2, 0) is 11.3 Å². The summed E-state index contributed by atoms with van der Waals surface area (Å²) < 4.78 is 18.3.